The number of amides is 3. The number of carboxylic acid groups (broad SMARTS) is 2. The number of thioether (sulfide) groups is 1. The van der Waals surface area contributed by atoms with E-state index in [1.807, 2.05) is 6.26 Å². The van der Waals surface area contributed by atoms with Crippen molar-refractivity contribution in [3.05, 3.63) is 0 Å². The van der Waals surface area contributed by atoms with Gasteiger partial charge in [-0.25, -0.2) is 4.79 Å². The number of carbonyl (C=O) groups excluding carboxylic acids is 3. The van der Waals surface area contributed by atoms with Gasteiger partial charge in [-0.2, -0.15) is 11.8 Å². The molecule has 0 aromatic rings. The molecule has 0 saturated heterocycles. The number of nitrogens with one attached hydrogen (secondary N) is 3. The molecule has 32 heavy (non-hydrogen) atoms. The second-order valence-electron chi connectivity index (χ2n) is 8.17. The zero-order chi connectivity index (χ0) is 25.0. The minimum absolute atomic E-state index is 0.196. The second-order valence-corrected chi connectivity index (χ2v) is 9.16. The van der Waals surface area contributed by atoms with Gasteiger partial charge < -0.3 is 31.9 Å². The highest BCUT2D eigenvalue weighted by molar-refractivity contribution is 7.98. The molecule has 4 atom stereocenters. The van der Waals surface area contributed by atoms with E-state index in [1.165, 1.54) is 11.8 Å². The van der Waals surface area contributed by atoms with Crippen LogP contribution in [0.25, 0.3) is 0 Å². The van der Waals surface area contributed by atoms with Crippen molar-refractivity contribution in [1.29, 1.82) is 0 Å². The van der Waals surface area contributed by atoms with Gasteiger partial charge >= 0.3 is 11.9 Å². The molecule has 3 amide bonds. The molecule has 0 fully saturated rings. The van der Waals surface area contributed by atoms with Crippen molar-refractivity contribution in [3.8, 4) is 0 Å². The lowest BCUT2D eigenvalue weighted by Crippen LogP contribution is -2.58. The molecule has 0 aliphatic rings. The molecular formula is C20H36N4O7S. The Hall–Kier alpha value is -2.34. The molecular weight excluding hydrogens is 440 g/mol. The van der Waals surface area contributed by atoms with Gasteiger partial charge in [0.25, 0.3) is 0 Å². The predicted molar refractivity (Wildman–Crippen MR) is 121 cm³/mol. The summed E-state index contributed by atoms with van der Waals surface area (Å²) in [6, 6.07) is -4.30. The maximum absolute atomic E-state index is 12.9. The summed E-state index contributed by atoms with van der Waals surface area (Å²) in [6.45, 7) is 6.74. The van der Waals surface area contributed by atoms with Crippen LogP contribution in [0.3, 0.4) is 0 Å². The molecule has 0 spiro atoms. The van der Waals surface area contributed by atoms with Crippen LogP contribution < -0.4 is 21.7 Å². The van der Waals surface area contributed by atoms with Crippen molar-refractivity contribution in [3.63, 3.8) is 0 Å². The van der Waals surface area contributed by atoms with Crippen molar-refractivity contribution in [2.24, 2.45) is 17.6 Å². The molecule has 0 aliphatic carbocycles. The summed E-state index contributed by atoms with van der Waals surface area (Å²) in [5.41, 5.74) is 5.81. The lowest BCUT2D eigenvalue weighted by molar-refractivity contribution is -0.143. The predicted octanol–water partition coefficient (Wildman–Crippen LogP) is -0.217. The Labute approximate surface area is 192 Å². The molecule has 0 saturated carbocycles. The molecule has 0 aliphatic heterocycles. The highest BCUT2D eigenvalue weighted by Crippen LogP contribution is 2.08. The van der Waals surface area contributed by atoms with Crippen molar-refractivity contribution >= 4 is 41.4 Å². The maximum Gasteiger partial charge on any atom is 0.326 e. The summed E-state index contributed by atoms with van der Waals surface area (Å²) in [7, 11) is 0. The normalized spacial score (nSPS) is 14.9. The van der Waals surface area contributed by atoms with E-state index >= 15 is 0 Å². The number of carbonyl (C=O) groups is 5. The van der Waals surface area contributed by atoms with Gasteiger partial charge in [-0.05, 0) is 36.7 Å². The average molecular weight is 477 g/mol. The van der Waals surface area contributed by atoms with Crippen LogP contribution in [0.4, 0.5) is 0 Å². The van der Waals surface area contributed by atoms with Gasteiger partial charge in [-0.3, -0.25) is 19.2 Å². The fourth-order valence-electron chi connectivity index (χ4n) is 2.65. The molecule has 0 radical (unpaired) electrons. The van der Waals surface area contributed by atoms with Crippen molar-refractivity contribution in [1.82, 2.24) is 16.0 Å². The highest BCUT2D eigenvalue weighted by Gasteiger charge is 2.31. The number of carboxylic acids is 2. The van der Waals surface area contributed by atoms with E-state index in [1.54, 1.807) is 27.7 Å². The lowest BCUT2D eigenvalue weighted by atomic mass is 10.0. The standard InChI is InChI=1S/C20H36N4O7S/c1-10(2)15(21)19(29)23-12(6-7-14(25)26)17(27)22-13(8-9-32-5)18(28)24-16(11(3)4)20(30)31/h10-13,15-16H,6-9,21H2,1-5H3,(H,22,27)(H,23,29)(H,24,28)(H,25,26)(H,30,31). The van der Waals surface area contributed by atoms with E-state index in [9.17, 15) is 29.1 Å². The Morgan fingerprint density at radius 2 is 1.31 bits per heavy atom. The topological polar surface area (TPSA) is 188 Å². The first-order valence-corrected chi connectivity index (χ1v) is 11.8. The third-order valence-electron chi connectivity index (χ3n) is 4.77. The van der Waals surface area contributed by atoms with Crippen molar-refractivity contribution in [2.75, 3.05) is 12.0 Å². The van der Waals surface area contributed by atoms with Gasteiger partial charge in [0.2, 0.25) is 17.7 Å². The SMILES string of the molecule is CSCCC(NC(=O)C(CCC(=O)O)NC(=O)C(N)C(C)C)C(=O)NC(C(=O)O)C(C)C. The maximum atomic E-state index is 12.9. The van der Waals surface area contributed by atoms with Crippen LogP contribution in [0, 0.1) is 11.8 Å². The van der Waals surface area contributed by atoms with Crippen molar-refractivity contribution < 1.29 is 34.2 Å². The number of nitrogens with two attached hydrogens (primary N) is 1. The Morgan fingerprint density at radius 1 is 0.812 bits per heavy atom. The van der Waals surface area contributed by atoms with Gasteiger partial charge in [-0.1, -0.05) is 27.7 Å². The summed E-state index contributed by atoms with van der Waals surface area (Å²) in [6.07, 6.45) is 1.45. The minimum atomic E-state index is -1.21. The lowest BCUT2D eigenvalue weighted by Gasteiger charge is -2.26. The minimum Gasteiger partial charge on any atom is -0.481 e. The van der Waals surface area contributed by atoms with Gasteiger partial charge in [0.1, 0.15) is 18.1 Å². The summed E-state index contributed by atoms with van der Waals surface area (Å²) < 4.78 is 0. The highest BCUT2D eigenvalue weighted by atomic mass is 32.2. The van der Waals surface area contributed by atoms with Crippen LogP contribution in [0.5, 0.6) is 0 Å². The number of hydrogen-bond acceptors (Lipinski definition) is 7. The first-order valence-electron chi connectivity index (χ1n) is 10.4. The van der Waals surface area contributed by atoms with E-state index in [0.29, 0.717) is 5.75 Å². The van der Waals surface area contributed by atoms with Gasteiger partial charge in [0.15, 0.2) is 0 Å². The molecule has 12 heteroatoms. The number of rotatable bonds is 15. The molecule has 11 nitrogen and oxygen atoms in total. The molecule has 0 heterocycles. The molecule has 0 aromatic heterocycles. The Balaban J connectivity index is 5.52. The van der Waals surface area contributed by atoms with E-state index in [2.05, 4.69) is 16.0 Å². The third-order valence-corrected chi connectivity index (χ3v) is 5.42. The molecule has 184 valence electrons. The van der Waals surface area contributed by atoms with E-state index < -0.39 is 53.8 Å². The van der Waals surface area contributed by atoms with E-state index in [4.69, 9.17) is 10.8 Å². The Kier molecular flexibility index (Phi) is 13.6. The number of aliphatic carboxylic acids is 2. The molecule has 4 unspecified atom stereocenters. The van der Waals surface area contributed by atoms with Crippen LogP contribution in [-0.4, -0.2) is 76.0 Å². The summed E-state index contributed by atoms with van der Waals surface area (Å²) in [5, 5.41) is 25.7. The van der Waals surface area contributed by atoms with Gasteiger partial charge in [0, 0.05) is 6.42 Å². The summed E-state index contributed by atoms with van der Waals surface area (Å²) in [5.74, 6) is -4.45. The van der Waals surface area contributed by atoms with E-state index in [0.717, 1.165) is 0 Å². The Morgan fingerprint density at radius 3 is 1.75 bits per heavy atom. The van der Waals surface area contributed by atoms with Crippen molar-refractivity contribution in [2.45, 2.75) is 71.1 Å². The van der Waals surface area contributed by atoms with Crippen LogP contribution in [0.1, 0.15) is 47.0 Å². The van der Waals surface area contributed by atoms with Crippen LogP contribution >= 0.6 is 11.8 Å². The quantitative estimate of drug-likeness (QED) is 0.186. The second kappa shape index (κ2) is 14.7. The van der Waals surface area contributed by atoms with Crippen LogP contribution in [0.2, 0.25) is 0 Å². The Bertz CT molecular complexity index is 672. The monoisotopic (exact) mass is 476 g/mol. The fourth-order valence-corrected chi connectivity index (χ4v) is 3.12. The molecule has 0 bridgehead atoms. The van der Waals surface area contributed by atoms with E-state index in [-0.39, 0.29) is 31.1 Å². The zero-order valence-corrected chi connectivity index (χ0v) is 20.0. The van der Waals surface area contributed by atoms with Crippen LogP contribution in [-0.2, 0) is 24.0 Å². The third kappa shape index (κ3) is 10.8. The largest absolute Gasteiger partial charge is 0.481 e. The first-order chi connectivity index (χ1) is 14.8. The smallest absolute Gasteiger partial charge is 0.326 e. The fraction of sp³-hybridized carbons (Fsp3) is 0.750. The zero-order valence-electron chi connectivity index (χ0n) is 19.2. The molecule has 0 aromatic carbocycles. The summed E-state index contributed by atoms with van der Waals surface area (Å²) in [4.78, 5) is 60.3. The molecule has 7 N–H and O–H groups in total. The number of hydrogen-bond donors (Lipinski definition) is 6. The van der Waals surface area contributed by atoms with Gasteiger partial charge in [0.05, 0.1) is 6.04 Å². The first kappa shape index (κ1) is 29.7. The van der Waals surface area contributed by atoms with Crippen LogP contribution in [0.15, 0.2) is 0 Å². The molecule has 0 rings (SSSR count). The summed E-state index contributed by atoms with van der Waals surface area (Å²) >= 11 is 1.43. The van der Waals surface area contributed by atoms with Gasteiger partial charge in [-0.15, -0.1) is 0 Å². The average Bonchev–Trinajstić information content (AvgIpc) is 2.70.